The van der Waals surface area contributed by atoms with Crippen LogP contribution in [0.1, 0.15) is 25.4 Å². The first-order valence-electron chi connectivity index (χ1n) is 13.6. The summed E-state index contributed by atoms with van der Waals surface area (Å²) in [7, 11) is 0. The number of nitrogens with zero attached hydrogens (tertiary/aromatic N) is 4. The van der Waals surface area contributed by atoms with E-state index in [2.05, 4.69) is 10.6 Å². The van der Waals surface area contributed by atoms with Crippen molar-refractivity contribution in [3.8, 4) is 24.3 Å². The molecule has 6 heterocycles. The lowest BCUT2D eigenvalue weighted by atomic mass is 9.86. The predicted molar refractivity (Wildman–Crippen MR) is 178 cm³/mol. The zero-order chi connectivity index (χ0) is 31.9. The van der Waals surface area contributed by atoms with E-state index in [0.717, 1.165) is 39.8 Å². The lowest BCUT2D eigenvalue weighted by Crippen LogP contribution is -2.19. The minimum absolute atomic E-state index is 0.0766. The van der Waals surface area contributed by atoms with E-state index in [9.17, 15) is 9.59 Å². The van der Waals surface area contributed by atoms with Crippen LogP contribution in [0.15, 0.2) is 77.7 Å². The lowest BCUT2D eigenvalue weighted by Gasteiger charge is -2.18. The smallest absolute Gasteiger partial charge is 0.257 e. The molecular formula is C34H16N6O2S4. The number of carbonyl (C=O) groups excluding carboxylic acids is 2. The quantitative estimate of drug-likeness (QED) is 0.341. The van der Waals surface area contributed by atoms with Gasteiger partial charge in [-0.15, -0.1) is 45.3 Å². The van der Waals surface area contributed by atoms with Crippen LogP contribution in [-0.4, -0.2) is 11.8 Å². The minimum Gasteiger partial charge on any atom is -0.329 e. The van der Waals surface area contributed by atoms with Gasteiger partial charge >= 0.3 is 0 Å². The van der Waals surface area contributed by atoms with Crippen molar-refractivity contribution in [1.29, 1.82) is 21.0 Å². The fourth-order valence-corrected chi connectivity index (χ4v) is 9.59. The molecule has 2 aliphatic heterocycles. The van der Waals surface area contributed by atoms with Crippen LogP contribution in [0.4, 0.5) is 0 Å². The second-order valence-electron chi connectivity index (χ2n) is 10.2. The highest BCUT2D eigenvalue weighted by Crippen LogP contribution is 2.45. The molecule has 2 atom stereocenters. The predicted octanol–water partition coefficient (Wildman–Crippen LogP) is 3.18. The fraction of sp³-hybridized carbons (Fsp3) is 0.0588. The maximum absolute atomic E-state index is 13.3. The molecule has 0 aromatic carbocycles. The molecular weight excluding hydrogens is 653 g/mol. The second kappa shape index (κ2) is 11.7. The molecule has 3 aliphatic rings. The zero-order valence-electron chi connectivity index (χ0n) is 23.3. The Balaban J connectivity index is 1.18. The summed E-state index contributed by atoms with van der Waals surface area (Å²) < 4.78 is 3.02. The van der Waals surface area contributed by atoms with Crippen LogP contribution in [-0.2, 0) is 9.59 Å². The van der Waals surface area contributed by atoms with Crippen LogP contribution in [0.5, 0.6) is 0 Å². The van der Waals surface area contributed by atoms with Crippen LogP contribution in [0.25, 0.3) is 28.9 Å². The van der Waals surface area contributed by atoms with Crippen molar-refractivity contribution >= 4 is 86.0 Å². The molecule has 0 bridgehead atoms. The maximum atomic E-state index is 13.3. The van der Waals surface area contributed by atoms with Crippen molar-refractivity contribution in [2.24, 2.45) is 5.92 Å². The molecule has 7 rings (SSSR count). The van der Waals surface area contributed by atoms with E-state index in [1.54, 1.807) is 12.1 Å². The van der Waals surface area contributed by atoms with Crippen LogP contribution < -0.4 is 28.8 Å². The molecule has 0 spiro atoms. The molecule has 12 heteroatoms. The summed E-state index contributed by atoms with van der Waals surface area (Å²) in [5, 5.41) is 42.6. The van der Waals surface area contributed by atoms with Crippen LogP contribution in [0.3, 0.4) is 0 Å². The highest BCUT2D eigenvalue weighted by molar-refractivity contribution is 7.15. The van der Waals surface area contributed by atoms with Crippen LogP contribution >= 0.6 is 45.3 Å². The van der Waals surface area contributed by atoms with E-state index in [0.29, 0.717) is 20.3 Å². The number of nitrogens with one attached hydrogen (secondary N) is 2. The van der Waals surface area contributed by atoms with E-state index >= 15 is 0 Å². The molecule has 1 aliphatic carbocycles. The summed E-state index contributed by atoms with van der Waals surface area (Å²) in [6.45, 7) is 0. The van der Waals surface area contributed by atoms with Crippen molar-refractivity contribution in [3.05, 3.63) is 115 Å². The Morgan fingerprint density at radius 3 is 1.96 bits per heavy atom. The molecule has 1 fully saturated rings. The molecule has 2 unspecified atom stereocenters. The number of allylic oxidation sites excluding steroid dienone is 2. The molecule has 4 aromatic heterocycles. The zero-order valence-corrected chi connectivity index (χ0v) is 26.6. The number of amides is 2. The van der Waals surface area contributed by atoms with Gasteiger partial charge in [0.05, 0.1) is 20.6 Å². The fourth-order valence-electron chi connectivity index (χ4n) is 5.50. The Labute approximate surface area is 277 Å². The Morgan fingerprint density at radius 2 is 1.33 bits per heavy atom. The third kappa shape index (κ3) is 5.12. The average molecular weight is 669 g/mol. The van der Waals surface area contributed by atoms with Crippen molar-refractivity contribution < 1.29 is 9.59 Å². The summed E-state index contributed by atoms with van der Waals surface area (Å²) in [5.74, 6) is -1.00. The minimum atomic E-state index is -0.442. The summed E-state index contributed by atoms with van der Waals surface area (Å²) in [4.78, 5) is 30.0. The molecule has 2 N–H and O–H groups in total. The summed E-state index contributed by atoms with van der Waals surface area (Å²) in [6.07, 6.45) is 7.78. The van der Waals surface area contributed by atoms with Gasteiger partial charge < -0.3 is 10.6 Å². The van der Waals surface area contributed by atoms with Gasteiger partial charge in [0, 0.05) is 51.5 Å². The number of hydrogen-bond acceptors (Lipinski definition) is 10. The van der Waals surface area contributed by atoms with E-state index in [1.165, 1.54) is 45.3 Å². The molecule has 2 amide bonds. The lowest BCUT2D eigenvalue weighted by molar-refractivity contribution is -0.120. The van der Waals surface area contributed by atoms with Crippen molar-refractivity contribution in [1.82, 2.24) is 10.6 Å². The number of fused-ring (bicyclic) bond motifs is 2. The average Bonchev–Trinajstić information content (AvgIpc) is 3.89. The molecule has 0 saturated carbocycles. The van der Waals surface area contributed by atoms with E-state index in [4.69, 9.17) is 21.0 Å². The number of thiophene rings is 4. The second-order valence-corrected chi connectivity index (χ2v) is 14.7. The Bertz CT molecular complexity index is 2510. The third-order valence-corrected chi connectivity index (χ3v) is 11.8. The molecule has 1 saturated heterocycles. The number of rotatable bonds is 4. The number of nitriles is 4. The first-order valence-corrected chi connectivity index (χ1v) is 16.9. The molecule has 4 aromatic rings. The van der Waals surface area contributed by atoms with Crippen LogP contribution in [0, 0.1) is 51.2 Å². The van der Waals surface area contributed by atoms with E-state index in [1.807, 2.05) is 85.0 Å². The Morgan fingerprint density at radius 1 is 0.717 bits per heavy atom. The largest absolute Gasteiger partial charge is 0.329 e. The Kier molecular flexibility index (Phi) is 7.42. The molecule has 0 radical (unpaired) electrons. The standard InChI is InChI=1S/C34H16N6O2S4/c35-13-17(14-36)27-5-1-19(43-27)9-21-3-7-29(45-21)31-23-11-26-24(12-25(23)39-33(31)41)32(34(42)40-26)30-8-4-22(46-30)10-20-2-6-28(44-20)18(15-37)16-38/h1-12,23,31H,(H,39,41)(H,40,42)/b19-9+,20-10+. The van der Waals surface area contributed by atoms with E-state index in [-0.39, 0.29) is 28.9 Å². The SMILES string of the molecule is N#CC(C#N)=c1cc/c(=C\c2ccc(C3=C4C=C5NC(=O)C(c6ccc(/C=c7\ccc(=C(C#N)C#N)s7)s6)C5C=C4NC3=O)s2)s1. The topological polar surface area (TPSA) is 153 Å². The van der Waals surface area contributed by atoms with Gasteiger partial charge in [-0.1, -0.05) is 0 Å². The van der Waals surface area contributed by atoms with Gasteiger partial charge in [0.2, 0.25) is 5.91 Å². The van der Waals surface area contributed by atoms with Gasteiger partial charge in [0.15, 0.2) is 0 Å². The van der Waals surface area contributed by atoms with E-state index < -0.39 is 5.92 Å². The van der Waals surface area contributed by atoms with Gasteiger partial charge in [-0.05, 0) is 72.8 Å². The van der Waals surface area contributed by atoms with Crippen LogP contribution in [0.2, 0.25) is 0 Å². The van der Waals surface area contributed by atoms with Gasteiger partial charge in [0.1, 0.15) is 35.4 Å². The molecule has 8 nitrogen and oxygen atoms in total. The highest BCUT2D eigenvalue weighted by atomic mass is 32.1. The van der Waals surface area contributed by atoms with Gasteiger partial charge in [-0.3, -0.25) is 9.59 Å². The number of hydrogen-bond donors (Lipinski definition) is 2. The highest BCUT2D eigenvalue weighted by Gasteiger charge is 2.43. The summed E-state index contributed by atoms with van der Waals surface area (Å²) >= 11 is 5.69. The van der Waals surface area contributed by atoms with Crippen molar-refractivity contribution in [2.45, 2.75) is 5.92 Å². The molecule has 218 valence electrons. The summed E-state index contributed by atoms with van der Waals surface area (Å²) in [6, 6.07) is 22.6. The van der Waals surface area contributed by atoms with Crippen molar-refractivity contribution in [2.75, 3.05) is 0 Å². The first-order chi connectivity index (χ1) is 22.4. The summed E-state index contributed by atoms with van der Waals surface area (Å²) in [5.41, 5.74) is 2.88. The van der Waals surface area contributed by atoms with Gasteiger partial charge in [0.25, 0.3) is 5.91 Å². The monoisotopic (exact) mass is 668 g/mol. The normalized spacial score (nSPS) is 18.8. The van der Waals surface area contributed by atoms with Gasteiger partial charge in [-0.25, -0.2) is 0 Å². The molecule has 46 heavy (non-hydrogen) atoms. The van der Waals surface area contributed by atoms with Crippen molar-refractivity contribution in [3.63, 3.8) is 0 Å². The number of carbonyl (C=O) groups is 2. The third-order valence-electron chi connectivity index (χ3n) is 7.54. The van der Waals surface area contributed by atoms with Gasteiger partial charge in [-0.2, -0.15) is 21.0 Å². The Hall–Kier alpha value is -5.60. The maximum Gasteiger partial charge on any atom is 0.257 e. The first kappa shape index (κ1) is 29.1.